The molecular formula is C49H81NO3. The molecular weight excluding hydrogens is 651 g/mol. The maximum absolute atomic E-state index is 12.4. The summed E-state index contributed by atoms with van der Waals surface area (Å²) in [5.74, 6) is -0.0990. The van der Waals surface area contributed by atoms with E-state index in [0.29, 0.717) is 6.42 Å². The van der Waals surface area contributed by atoms with Gasteiger partial charge in [-0.3, -0.25) is 4.79 Å². The van der Waals surface area contributed by atoms with Crippen LogP contribution in [-0.2, 0) is 4.79 Å². The second-order valence-corrected chi connectivity index (χ2v) is 14.0. The van der Waals surface area contributed by atoms with Gasteiger partial charge in [-0.2, -0.15) is 0 Å². The Morgan fingerprint density at radius 3 is 1.32 bits per heavy atom. The number of rotatable bonds is 37. The first-order valence-corrected chi connectivity index (χ1v) is 21.6. The Morgan fingerprint density at radius 2 is 0.849 bits per heavy atom. The van der Waals surface area contributed by atoms with Crippen LogP contribution in [-0.4, -0.2) is 34.9 Å². The molecule has 0 aliphatic heterocycles. The number of aliphatic hydroxyl groups excluding tert-OH is 2. The summed E-state index contributed by atoms with van der Waals surface area (Å²) in [5, 5.41) is 22.9. The van der Waals surface area contributed by atoms with E-state index >= 15 is 0 Å². The van der Waals surface area contributed by atoms with Crippen molar-refractivity contribution in [3.8, 4) is 0 Å². The second kappa shape index (κ2) is 43.5. The van der Waals surface area contributed by atoms with Crippen LogP contribution < -0.4 is 5.32 Å². The lowest BCUT2D eigenvalue weighted by molar-refractivity contribution is -0.123. The lowest BCUT2D eigenvalue weighted by Crippen LogP contribution is -2.45. The van der Waals surface area contributed by atoms with Crippen molar-refractivity contribution in [2.75, 3.05) is 6.61 Å². The molecule has 53 heavy (non-hydrogen) atoms. The van der Waals surface area contributed by atoms with Gasteiger partial charge in [-0.05, 0) is 96.3 Å². The van der Waals surface area contributed by atoms with Crippen molar-refractivity contribution in [1.29, 1.82) is 0 Å². The van der Waals surface area contributed by atoms with Gasteiger partial charge in [0.2, 0.25) is 5.91 Å². The highest BCUT2D eigenvalue weighted by molar-refractivity contribution is 5.76. The minimum atomic E-state index is -0.883. The van der Waals surface area contributed by atoms with Crippen molar-refractivity contribution < 1.29 is 15.0 Å². The molecule has 0 heterocycles. The van der Waals surface area contributed by atoms with E-state index in [1.54, 1.807) is 6.08 Å². The fraction of sp³-hybridized carbons (Fsp3) is 0.612. The predicted molar refractivity (Wildman–Crippen MR) is 234 cm³/mol. The van der Waals surface area contributed by atoms with Crippen molar-refractivity contribution in [3.63, 3.8) is 0 Å². The molecule has 1 amide bonds. The molecule has 0 aromatic carbocycles. The summed E-state index contributed by atoms with van der Waals surface area (Å²) in [4.78, 5) is 12.4. The maximum atomic E-state index is 12.4. The van der Waals surface area contributed by atoms with Crippen molar-refractivity contribution >= 4 is 5.91 Å². The zero-order valence-corrected chi connectivity index (χ0v) is 34.2. The number of allylic oxidation sites excluding steroid dienone is 17. The quantitative estimate of drug-likeness (QED) is 0.0440. The Balaban J connectivity index is 3.74. The third-order valence-electron chi connectivity index (χ3n) is 8.97. The van der Waals surface area contributed by atoms with E-state index in [2.05, 4.69) is 116 Å². The van der Waals surface area contributed by atoms with Crippen LogP contribution in [0.1, 0.15) is 174 Å². The Kier molecular flexibility index (Phi) is 41.0. The summed E-state index contributed by atoms with van der Waals surface area (Å²) >= 11 is 0. The van der Waals surface area contributed by atoms with Gasteiger partial charge in [-0.1, -0.05) is 181 Å². The molecule has 0 bridgehead atoms. The minimum Gasteiger partial charge on any atom is -0.394 e. The maximum Gasteiger partial charge on any atom is 0.220 e. The number of carbonyl (C=O) groups excluding carboxylic acids is 1. The third kappa shape index (κ3) is 40.1. The summed E-state index contributed by atoms with van der Waals surface area (Å²) in [6, 6.07) is -0.661. The van der Waals surface area contributed by atoms with Gasteiger partial charge in [-0.15, -0.1) is 0 Å². The highest BCUT2D eigenvalue weighted by Gasteiger charge is 2.17. The first kappa shape index (κ1) is 50.1. The van der Waals surface area contributed by atoms with Crippen molar-refractivity contribution in [3.05, 3.63) is 109 Å². The van der Waals surface area contributed by atoms with Gasteiger partial charge >= 0.3 is 0 Å². The lowest BCUT2D eigenvalue weighted by Gasteiger charge is -2.19. The standard InChI is InChI=1S/C49H81NO3/c1-3-5-7-9-11-13-15-17-19-21-22-23-24-25-26-27-28-29-31-33-35-37-39-41-43-45-49(53)50-47(46-51)48(52)44-42-40-38-36-34-32-30-20-18-16-14-12-10-8-6-4-2/h5,7,11,13,17-20,22-23,25-26,28-29,34,36,42,44,47-48,51-52H,3-4,6,8-10,12,14-16,21,24,27,30-33,35,37-41,43,45-46H2,1-2H3,(H,50,53)/b7-5-,13-11-,19-17-,20-18+,23-22-,26-25-,29-28-,36-34+,44-42+. The molecule has 0 aliphatic carbocycles. The normalized spacial score (nSPS) is 14.1. The Hall–Kier alpha value is -2.95. The molecule has 0 rings (SSSR count). The fourth-order valence-corrected chi connectivity index (χ4v) is 5.68. The molecule has 4 heteroatoms. The van der Waals surface area contributed by atoms with Crippen LogP contribution in [0.2, 0.25) is 0 Å². The Labute approximate surface area is 327 Å². The summed E-state index contributed by atoms with van der Waals surface area (Å²) in [6.45, 7) is 4.14. The topological polar surface area (TPSA) is 69.6 Å². The van der Waals surface area contributed by atoms with Gasteiger partial charge < -0.3 is 15.5 Å². The SMILES string of the molecule is CC/C=C\C/C=C\C/C=C\C/C=C\C/C=C\C/C=C\CCCCCCCCC(=O)NC(CO)C(O)/C=C/CC/C=C/CC/C=C/CCCCCCCC. The van der Waals surface area contributed by atoms with Gasteiger partial charge in [0, 0.05) is 6.42 Å². The van der Waals surface area contributed by atoms with E-state index in [9.17, 15) is 15.0 Å². The van der Waals surface area contributed by atoms with E-state index in [-0.39, 0.29) is 12.5 Å². The van der Waals surface area contributed by atoms with Crippen LogP contribution in [0.25, 0.3) is 0 Å². The summed E-state index contributed by atoms with van der Waals surface area (Å²) < 4.78 is 0. The zero-order chi connectivity index (χ0) is 38.6. The van der Waals surface area contributed by atoms with Gasteiger partial charge in [0.1, 0.15) is 0 Å². The molecule has 2 unspecified atom stereocenters. The van der Waals surface area contributed by atoms with Crippen LogP contribution in [0.15, 0.2) is 109 Å². The molecule has 3 N–H and O–H groups in total. The van der Waals surface area contributed by atoms with Gasteiger partial charge in [0.15, 0.2) is 0 Å². The smallest absolute Gasteiger partial charge is 0.220 e. The molecule has 4 nitrogen and oxygen atoms in total. The number of amides is 1. The molecule has 300 valence electrons. The molecule has 0 saturated carbocycles. The number of nitrogens with one attached hydrogen (secondary N) is 1. The Bertz CT molecular complexity index is 1060. The first-order chi connectivity index (χ1) is 26.2. The number of carbonyl (C=O) groups is 1. The molecule has 0 fully saturated rings. The second-order valence-electron chi connectivity index (χ2n) is 14.0. The number of aliphatic hydroxyl groups is 2. The van der Waals surface area contributed by atoms with E-state index in [0.717, 1.165) is 89.9 Å². The summed E-state index contributed by atoms with van der Waals surface area (Å²) in [7, 11) is 0. The third-order valence-corrected chi connectivity index (χ3v) is 8.97. The van der Waals surface area contributed by atoms with E-state index in [1.165, 1.54) is 64.2 Å². The molecule has 0 aromatic rings. The largest absolute Gasteiger partial charge is 0.394 e. The van der Waals surface area contributed by atoms with E-state index in [4.69, 9.17) is 0 Å². The predicted octanol–water partition coefficient (Wildman–Crippen LogP) is 13.6. The molecule has 0 aromatic heterocycles. The van der Waals surface area contributed by atoms with Crippen LogP contribution >= 0.6 is 0 Å². The molecule has 0 aliphatic rings. The number of hydrogen-bond acceptors (Lipinski definition) is 3. The molecule has 0 saturated heterocycles. The first-order valence-electron chi connectivity index (χ1n) is 21.6. The van der Waals surface area contributed by atoms with Gasteiger partial charge in [-0.25, -0.2) is 0 Å². The van der Waals surface area contributed by atoms with Crippen molar-refractivity contribution in [2.24, 2.45) is 0 Å². The van der Waals surface area contributed by atoms with Crippen LogP contribution in [0.3, 0.4) is 0 Å². The highest BCUT2D eigenvalue weighted by Crippen LogP contribution is 2.11. The highest BCUT2D eigenvalue weighted by atomic mass is 16.3. The van der Waals surface area contributed by atoms with Crippen LogP contribution in [0.4, 0.5) is 0 Å². The van der Waals surface area contributed by atoms with Crippen LogP contribution in [0, 0.1) is 0 Å². The molecule has 2 atom stereocenters. The van der Waals surface area contributed by atoms with Gasteiger partial charge in [0.05, 0.1) is 18.8 Å². The van der Waals surface area contributed by atoms with E-state index in [1.807, 2.05) is 6.08 Å². The number of hydrogen-bond donors (Lipinski definition) is 3. The summed E-state index contributed by atoms with van der Waals surface area (Å²) in [6.07, 6.45) is 66.1. The Morgan fingerprint density at radius 1 is 0.472 bits per heavy atom. The zero-order valence-electron chi connectivity index (χ0n) is 34.2. The minimum absolute atomic E-state index is 0.0990. The van der Waals surface area contributed by atoms with Crippen molar-refractivity contribution in [1.82, 2.24) is 5.32 Å². The summed E-state index contributed by atoms with van der Waals surface area (Å²) in [5.41, 5.74) is 0. The fourth-order valence-electron chi connectivity index (χ4n) is 5.68. The molecule has 0 spiro atoms. The van der Waals surface area contributed by atoms with E-state index < -0.39 is 12.1 Å². The molecule has 0 radical (unpaired) electrons. The average molecular weight is 732 g/mol. The van der Waals surface area contributed by atoms with Gasteiger partial charge in [0.25, 0.3) is 0 Å². The van der Waals surface area contributed by atoms with Crippen molar-refractivity contribution in [2.45, 2.75) is 187 Å². The van der Waals surface area contributed by atoms with Crippen LogP contribution in [0.5, 0.6) is 0 Å². The number of unbranched alkanes of at least 4 members (excludes halogenated alkanes) is 14. The average Bonchev–Trinajstić information content (AvgIpc) is 3.16. The lowest BCUT2D eigenvalue weighted by atomic mass is 10.1. The monoisotopic (exact) mass is 732 g/mol.